The molecule has 0 aliphatic heterocycles. The number of nitrogens with one attached hydrogen (secondary N) is 1. The van der Waals surface area contributed by atoms with E-state index in [2.05, 4.69) is 10.3 Å². The first-order valence-corrected chi connectivity index (χ1v) is 10.1. The molecule has 1 N–H and O–H groups in total. The predicted octanol–water partition coefficient (Wildman–Crippen LogP) is 5.09. The minimum Gasteiger partial charge on any atom is -0.324 e. The van der Waals surface area contributed by atoms with E-state index in [1.54, 1.807) is 13.0 Å². The molecule has 5 nitrogen and oxygen atoms in total. The van der Waals surface area contributed by atoms with Crippen molar-refractivity contribution in [1.82, 2.24) is 9.55 Å². The van der Waals surface area contributed by atoms with Crippen LogP contribution in [0.2, 0.25) is 0 Å². The zero-order chi connectivity index (χ0) is 22.2. The number of aryl methyl sites for hydroxylation is 1. The summed E-state index contributed by atoms with van der Waals surface area (Å²) in [6.45, 7) is 1.13. The van der Waals surface area contributed by atoms with Gasteiger partial charge in [0.1, 0.15) is 17.2 Å². The van der Waals surface area contributed by atoms with Crippen molar-refractivity contribution in [3.05, 3.63) is 82.4 Å². The van der Waals surface area contributed by atoms with Gasteiger partial charge in [-0.3, -0.25) is 14.2 Å². The van der Waals surface area contributed by atoms with E-state index in [-0.39, 0.29) is 5.69 Å². The Kier molecular flexibility index (Phi) is 5.36. The standard InChI is InChI=1S/C22H16F3N3O2S/c1-13-26-20-15(11-18(31-20)14-7-3-2-4-8-14)21(30)28(13)12-19(29)27-17-10-6-5-9-16(17)22(23,24)25/h2-11H,12H2,1H3,(H,27,29). The molecule has 0 radical (unpaired) electrons. The SMILES string of the molecule is Cc1nc2sc(-c3ccccc3)cc2c(=O)n1CC(=O)Nc1ccccc1C(F)(F)F. The highest BCUT2D eigenvalue weighted by Gasteiger charge is 2.33. The minimum atomic E-state index is -4.61. The van der Waals surface area contributed by atoms with Crippen LogP contribution in [-0.2, 0) is 17.5 Å². The molecule has 9 heteroatoms. The number of benzene rings is 2. The van der Waals surface area contributed by atoms with Crippen LogP contribution in [0.25, 0.3) is 20.7 Å². The normalized spacial score (nSPS) is 11.6. The summed E-state index contributed by atoms with van der Waals surface area (Å²) in [6, 6.07) is 15.9. The Morgan fingerprint density at radius 1 is 1.10 bits per heavy atom. The van der Waals surface area contributed by atoms with Gasteiger partial charge in [-0.15, -0.1) is 11.3 Å². The number of carbonyl (C=O) groups is 1. The van der Waals surface area contributed by atoms with Gasteiger partial charge < -0.3 is 5.32 Å². The lowest BCUT2D eigenvalue weighted by atomic mass is 10.1. The lowest BCUT2D eigenvalue weighted by Crippen LogP contribution is -2.30. The topological polar surface area (TPSA) is 64.0 Å². The number of anilines is 1. The molecule has 2 heterocycles. The highest BCUT2D eigenvalue weighted by atomic mass is 32.1. The Labute approximate surface area is 178 Å². The summed E-state index contributed by atoms with van der Waals surface area (Å²) in [5.74, 6) is -0.445. The van der Waals surface area contributed by atoms with Crippen molar-refractivity contribution in [2.24, 2.45) is 0 Å². The molecule has 0 aliphatic carbocycles. The second-order valence-corrected chi connectivity index (χ2v) is 7.87. The summed E-state index contributed by atoms with van der Waals surface area (Å²) in [7, 11) is 0. The number of aromatic nitrogens is 2. The maximum absolute atomic E-state index is 13.2. The maximum Gasteiger partial charge on any atom is 0.418 e. The molecule has 4 aromatic rings. The van der Waals surface area contributed by atoms with Gasteiger partial charge in [0.15, 0.2) is 0 Å². The van der Waals surface area contributed by atoms with E-state index in [1.807, 2.05) is 30.3 Å². The molecule has 1 amide bonds. The number of carbonyl (C=O) groups excluding carboxylic acids is 1. The average Bonchev–Trinajstić information content (AvgIpc) is 3.15. The third-order valence-corrected chi connectivity index (χ3v) is 5.79. The van der Waals surface area contributed by atoms with E-state index in [9.17, 15) is 22.8 Å². The molecule has 0 atom stereocenters. The van der Waals surface area contributed by atoms with Crippen LogP contribution in [0.3, 0.4) is 0 Å². The molecule has 31 heavy (non-hydrogen) atoms. The zero-order valence-corrected chi connectivity index (χ0v) is 17.1. The summed E-state index contributed by atoms with van der Waals surface area (Å²) >= 11 is 1.36. The van der Waals surface area contributed by atoms with E-state index in [4.69, 9.17) is 0 Å². The number of para-hydroxylation sites is 1. The quantitative estimate of drug-likeness (QED) is 0.478. The minimum absolute atomic E-state index is 0.304. The highest BCUT2D eigenvalue weighted by molar-refractivity contribution is 7.21. The fourth-order valence-electron chi connectivity index (χ4n) is 3.22. The van der Waals surface area contributed by atoms with Crippen LogP contribution >= 0.6 is 11.3 Å². The fourth-order valence-corrected chi connectivity index (χ4v) is 4.29. The molecule has 0 spiro atoms. The van der Waals surface area contributed by atoms with Gasteiger partial charge in [-0.1, -0.05) is 42.5 Å². The Hall–Kier alpha value is -3.46. The Balaban J connectivity index is 1.65. The molecule has 2 aromatic heterocycles. The lowest BCUT2D eigenvalue weighted by molar-refractivity contribution is -0.137. The molecule has 2 aromatic carbocycles. The van der Waals surface area contributed by atoms with Crippen LogP contribution in [0.5, 0.6) is 0 Å². The Morgan fingerprint density at radius 2 is 1.77 bits per heavy atom. The number of halogens is 3. The number of rotatable bonds is 4. The van der Waals surface area contributed by atoms with Gasteiger partial charge in [-0.2, -0.15) is 13.2 Å². The monoisotopic (exact) mass is 443 g/mol. The van der Waals surface area contributed by atoms with Gasteiger partial charge in [-0.05, 0) is 30.7 Å². The first-order valence-electron chi connectivity index (χ1n) is 9.26. The first kappa shape index (κ1) is 20.8. The number of nitrogens with zero attached hydrogens (tertiary/aromatic N) is 2. The fraction of sp³-hybridized carbons (Fsp3) is 0.136. The van der Waals surface area contributed by atoms with Crippen molar-refractivity contribution in [2.45, 2.75) is 19.6 Å². The summed E-state index contributed by atoms with van der Waals surface area (Å²) in [5.41, 5.74) is -0.788. The van der Waals surface area contributed by atoms with Gasteiger partial charge >= 0.3 is 6.18 Å². The summed E-state index contributed by atoms with van der Waals surface area (Å²) < 4.78 is 40.6. The summed E-state index contributed by atoms with van der Waals surface area (Å²) in [5, 5.41) is 2.61. The third kappa shape index (κ3) is 4.22. The second-order valence-electron chi connectivity index (χ2n) is 6.84. The van der Waals surface area contributed by atoms with Crippen LogP contribution < -0.4 is 10.9 Å². The van der Waals surface area contributed by atoms with Crippen molar-refractivity contribution in [3.8, 4) is 10.4 Å². The maximum atomic E-state index is 13.2. The molecule has 0 bridgehead atoms. The summed E-state index contributed by atoms with van der Waals surface area (Å²) in [4.78, 5) is 31.3. The van der Waals surface area contributed by atoms with Crippen LogP contribution in [0.1, 0.15) is 11.4 Å². The molecule has 0 saturated heterocycles. The molecule has 4 rings (SSSR count). The van der Waals surface area contributed by atoms with Crippen molar-refractivity contribution in [3.63, 3.8) is 0 Å². The Morgan fingerprint density at radius 3 is 2.48 bits per heavy atom. The van der Waals surface area contributed by atoms with Gasteiger partial charge in [0, 0.05) is 4.88 Å². The van der Waals surface area contributed by atoms with Gasteiger partial charge in [-0.25, -0.2) is 4.98 Å². The number of thiophene rings is 1. The van der Waals surface area contributed by atoms with Crippen LogP contribution in [0.4, 0.5) is 18.9 Å². The lowest BCUT2D eigenvalue weighted by Gasteiger charge is -2.14. The van der Waals surface area contributed by atoms with Gasteiger partial charge in [0.2, 0.25) is 5.91 Å². The van der Waals surface area contributed by atoms with Crippen LogP contribution in [0.15, 0.2) is 65.5 Å². The van der Waals surface area contributed by atoms with Crippen molar-refractivity contribution >= 4 is 33.1 Å². The average molecular weight is 443 g/mol. The van der Waals surface area contributed by atoms with Gasteiger partial charge in [0.25, 0.3) is 5.56 Å². The number of fused-ring (bicyclic) bond motifs is 1. The molecule has 0 aliphatic rings. The van der Waals surface area contributed by atoms with Crippen molar-refractivity contribution in [1.29, 1.82) is 0 Å². The number of amides is 1. The molecular formula is C22H16F3N3O2S. The van der Waals surface area contributed by atoms with Crippen molar-refractivity contribution in [2.75, 3.05) is 5.32 Å². The molecule has 0 unspecified atom stereocenters. The number of hydrogen-bond acceptors (Lipinski definition) is 4. The molecular weight excluding hydrogens is 427 g/mol. The van der Waals surface area contributed by atoms with E-state index in [0.717, 1.165) is 21.1 Å². The van der Waals surface area contributed by atoms with E-state index in [0.29, 0.717) is 16.0 Å². The smallest absolute Gasteiger partial charge is 0.324 e. The zero-order valence-electron chi connectivity index (χ0n) is 16.2. The third-order valence-electron chi connectivity index (χ3n) is 4.71. The molecule has 0 fully saturated rings. The van der Waals surface area contributed by atoms with Gasteiger partial charge in [0.05, 0.1) is 16.6 Å². The molecule has 158 valence electrons. The van der Waals surface area contributed by atoms with E-state index in [1.165, 1.54) is 29.5 Å². The van der Waals surface area contributed by atoms with Crippen LogP contribution in [0, 0.1) is 6.92 Å². The van der Waals surface area contributed by atoms with E-state index < -0.39 is 29.8 Å². The van der Waals surface area contributed by atoms with E-state index >= 15 is 0 Å². The number of hydrogen-bond donors (Lipinski definition) is 1. The largest absolute Gasteiger partial charge is 0.418 e. The van der Waals surface area contributed by atoms with Crippen molar-refractivity contribution < 1.29 is 18.0 Å². The predicted molar refractivity (Wildman–Crippen MR) is 114 cm³/mol. The Bertz CT molecular complexity index is 1330. The van der Waals surface area contributed by atoms with Crippen LogP contribution in [-0.4, -0.2) is 15.5 Å². The summed E-state index contributed by atoms with van der Waals surface area (Å²) in [6.07, 6.45) is -4.61. The second kappa shape index (κ2) is 7.99. The highest BCUT2D eigenvalue weighted by Crippen LogP contribution is 2.34. The molecule has 0 saturated carbocycles. The number of alkyl halides is 3. The first-order chi connectivity index (χ1) is 14.7.